The highest BCUT2D eigenvalue weighted by molar-refractivity contribution is 6.31. The van der Waals surface area contributed by atoms with E-state index in [1.165, 1.54) is 0 Å². The van der Waals surface area contributed by atoms with Crippen LogP contribution < -0.4 is 10.6 Å². The Hall–Kier alpha value is -2.12. The lowest BCUT2D eigenvalue weighted by Gasteiger charge is -2.22. The lowest BCUT2D eigenvalue weighted by Crippen LogP contribution is -2.43. The normalized spacial score (nSPS) is 10.5. The van der Waals surface area contributed by atoms with E-state index in [0.29, 0.717) is 23.8 Å². The van der Waals surface area contributed by atoms with E-state index in [2.05, 4.69) is 10.6 Å². The first-order chi connectivity index (χ1) is 12.3. The molecule has 0 saturated carbocycles. The molecule has 0 saturated heterocycles. The van der Waals surface area contributed by atoms with Gasteiger partial charge in [-0.15, -0.1) is 0 Å². The molecule has 0 aliphatic heterocycles. The van der Waals surface area contributed by atoms with Crippen LogP contribution in [-0.4, -0.2) is 67.3 Å². The molecule has 0 unspecified atom stereocenters. The molecule has 7 nitrogen and oxygen atoms in total. The molecule has 1 aromatic carbocycles. The summed E-state index contributed by atoms with van der Waals surface area (Å²) in [5.41, 5.74) is 1.38. The Morgan fingerprint density at radius 1 is 1.08 bits per heavy atom. The predicted molar refractivity (Wildman–Crippen MR) is 103 cm³/mol. The minimum absolute atomic E-state index is 0.0283. The topological polar surface area (TPSA) is 81.8 Å². The fraction of sp³-hybridized carbons (Fsp3) is 0.500. The fourth-order valence-corrected chi connectivity index (χ4v) is 2.55. The van der Waals surface area contributed by atoms with Gasteiger partial charge in [0, 0.05) is 23.8 Å². The van der Waals surface area contributed by atoms with E-state index in [-0.39, 0.29) is 37.4 Å². The maximum Gasteiger partial charge on any atom is 0.243 e. The number of halogens is 1. The first-order valence-electron chi connectivity index (χ1n) is 8.56. The molecule has 0 aliphatic rings. The number of carbonyl (C=O) groups excluding carboxylic acids is 3. The number of amides is 3. The number of likely N-dealkylation sites (N-methyl/N-ethyl adjacent to an activating group) is 2. The number of nitrogens with one attached hydrogen (secondary N) is 2. The SMILES string of the molecule is CCN(CC)C(=O)CN(C)CC(=O)NCC(=O)Nc1cccc(Cl)c1C. The Kier molecular flexibility index (Phi) is 9.09. The summed E-state index contributed by atoms with van der Waals surface area (Å²) >= 11 is 6.01. The number of hydrogen-bond donors (Lipinski definition) is 2. The van der Waals surface area contributed by atoms with Gasteiger partial charge in [0.1, 0.15) is 0 Å². The van der Waals surface area contributed by atoms with Crippen molar-refractivity contribution in [2.75, 3.05) is 45.1 Å². The second kappa shape index (κ2) is 10.8. The van der Waals surface area contributed by atoms with E-state index >= 15 is 0 Å². The molecule has 144 valence electrons. The van der Waals surface area contributed by atoms with Crippen LogP contribution in [0, 0.1) is 6.92 Å². The van der Waals surface area contributed by atoms with Crippen molar-refractivity contribution in [2.24, 2.45) is 0 Å². The van der Waals surface area contributed by atoms with Crippen LogP contribution in [0.1, 0.15) is 19.4 Å². The van der Waals surface area contributed by atoms with Gasteiger partial charge in [0.2, 0.25) is 17.7 Å². The zero-order valence-electron chi connectivity index (χ0n) is 15.8. The van der Waals surface area contributed by atoms with Crippen LogP contribution in [0.5, 0.6) is 0 Å². The molecule has 3 amide bonds. The zero-order chi connectivity index (χ0) is 19.7. The highest BCUT2D eigenvalue weighted by Gasteiger charge is 2.15. The number of benzene rings is 1. The molecule has 0 radical (unpaired) electrons. The Labute approximate surface area is 159 Å². The van der Waals surface area contributed by atoms with Gasteiger partial charge in [-0.05, 0) is 45.5 Å². The molecule has 0 bridgehead atoms. The molecule has 0 aromatic heterocycles. The largest absolute Gasteiger partial charge is 0.346 e. The van der Waals surface area contributed by atoms with Crippen molar-refractivity contribution in [3.63, 3.8) is 0 Å². The van der Waals surface area contributed by atoms with Gasteiger partial charge in [0.25, 0.3) is 0 Å². The fourth-order valence-electron chi connectivity index (χ4n) is 2.38. The van der Waals surface area contributed by atoms with E-state index in [0.717, 1.165) is 5.56 Å². The second-order valence-corrected chi connectivity index (χ2v) is 6.38. The predicted octanol–water partition coefficient (Wildman–Crippen LogP) is 1.50. The van der Waals surface area contributed by atoms with Crippen molar-refractivity contribution in [3.05, 3.63) is 28.8 Å². The van der Waals surface area contributed by atoms with Gasteiger partial charge in [0.05, 0.1) is 19.6 Å². The molecule has 2 N–H and O–H groups in total. The van der Waals surface area contributed by atoms with Crippen molar-refractivity contribution < 1.29 is 14.4 Å². The van der Waals surface area contributed by atoms with Crippen molar-refractivity contribution in [2.45, 2.75) is 20.8 Å². The lowest BCUT2D eigenvalue weighted by molar-refractivity contribution is -0.132. The number of rotatable bonds is 9. The van der Waals surface area contributed by atoms with E-state index < -0.39 is 0 Å². The van der Waals surface area contributed by atoms with Gasteiger partial charge in [-0.2, -0.15) is 0 Å². The monoisotopic (exact) mass is 382 g/mol. The molecule has 8 heteroatoms. The Balaban J connectivity index is 2.40. The standard InChI is InChI=1S/C18H27ClN4O3/c1-5-23(6-2)18(26)12-22(4)11-17(25)20-10-16(24)21-15-9-7-8-14(19)13(15)3/h7-9H,5-6,10-12H2,1-4H3,(H,20,25)(H,21,24). The third-order valence-corrected chi connectivity index (χ3v) is 4.33. The number of carbonyl (C=O) groups is 3. The maximum atomic E-state index is 12.0. The van der Waals surface area contributed by atoms with Gasteiger partial charge in [-0.25, -0.2) is 0 Å². The summed E-state index contributed by atoms with van der Waals surface area (Å²) in [6.45, 7) is 6.94. The van der Waals surface area contributed by atoms with Gasteiger partial charge >= 0.3 is 0 Å². The lowest BCUT2D eigenvalue weighted by atomic mass is 10.2. The van der Waals surface area contributed by atoms with Crippen molar-refractivity contribution in [1.82, 2.24) is 15.1 Å². The minimum Gasteiger partial charge on any atom is -0.346 e. The van der Waals surface area contributed by atoms with Crippen LogP contribution in [0.15, 0.2) is 18.2 Å². The Morgan fingerprint density at radius 3 is 2.35 bits per heavy atom. The van der Waals surface area contributed by atoms with Gasteiger partial charge in [0.15, 0.2) is 0 Å². The van der Waals surface area contributed by atoms with Gasteiger partial charge in [-0.1, -0.05) is 17.7 Å². The molecule has 1 aromatic rings. The quantitative estimate of drug-likeness (QED) is 0.678. The average molecular weight is 383 g/mol. The molecule has 26 heavy (non-hydrogen) atoms. The van der Waals surface area contributed by atoms with E-state index in [1.54, 1.807) is 42.0 Å². The zero-order valence-corrected chi connectivity index (χ0v) is 16.5. The van der Waals surface area contributed by atoms with E-state index in [1.807, 2.05) is 13.8 Å². The average Bonchev–Trinajstić information content (AvgIpc) is 2.58. The summed E-state index contributed by atoms with van der Waals surface area (Å²) in [7, 11) is 1.69. The summed E-state index contributed by atoms with van der Waals surface area (Å²) in [6, 6.07) is 5.22. The van der Waals surface area contributed by atoms with Gasteiger partial charge in [-0.3, -0.25) is 19.3 Å². The van der Waals surface area contributed by atoms with Crippen LogP contribution in [0.4, 0.5) is 5.69 Å². The summed E-state index contributed by atoms with van der Waals surface area (Å²) in [5, 5.41) is 5.82. The van der Waals surface area contributed by atoms with Crippen LogP contribution in [0.25, 0.3) is 0 Å². The maximum absolute atomic E-state index is 12.0. The molecule has 0 aliphatic carbocycles. The molecule has 0 spiro atoms. The number of anilines is 1. The first kappa shape index (κ1) is 21.9. The Bertz CT molecular complexity index is 647. The van der Waals surface area contributed by atoms with Crippen molar-refractivity contribution >= 4 is 35.0 Å². The van der Waals surface area contributed by atoms with Crippen LogP contribution in [0.3, 0.4) is 0 Å². The number of hydrogen-bond acceptors (Lipinski definition) is 4. The van der Waals surface area contributed by atoms with Gasteiger partial charge < -0.3 is 15.5 Å². The first-order valence-corrected chi connectivity index (χ1v) is 8.94. The van der Waals surface area contributed by atoms with E-state index in [9.17, 15) is 14.4 Å². The second-order valence-electron chi connectivity index (χ2n) is 5.98. The van der Waals surface area contributed by atoms with Crippen LogP contribution in [0.2, 0.25) is 5.02 Å². The minimum atomic E-state index is -0.342. The summed E-state index contributed by atoms with van der Waals surface area (Å²) in [6.07, 6.45) is 0. The summed E-state index contributed by atoms with van der Waals surface area (Å²) in [5.74, 6) is -0.692. The molecule has 0 atom stereocenters. The third kappa shape index (κ3) is 7.01. The highest BCUT2D eigenvalue weighted by Crippen LogP contribution is 2.22. The molecule has 1 rings (SSSR count). The van der Waals surface area contributed by atoms with Crippen molar-refractivity contribution in [1.29, 1.82) is 0 Å². The third-order valence-electron chi connectivity index (χ3n) is 3.92. The molecular weight excluding hydrogens is 356 g/mol. The Morgan fingerprint density at radius 2 is 1.73 bits per heavy atom. The highest BCUT2D eigenvalue weighted by atomic mass is 35.5. The summed E-state index contributed by atoms with van der Waals surface area (Å²) < 4.78 is 0. The molecule has 0 fully saturated rings. The smallest absolute Gasteiger partial charge is 0.243 e. The summed E-state index contributed by atoms with van der Waals surface area (Å²) in [4.78, 5) is 39.2. The molecule has 0 heterocycles. The molecular formula is C18H27ClN4O3. The van der Waals surface area contributed by atoms with Crippen molar-refractivity contribution in [3.8, 4) is 0 Å². The van der Waals surface area contributed by atoms with Crippen LogP contribution >= 0.6 is 11.6 Å². The number of nitrogens with zero attached hydrogens (tertiary/aromatic N) is 2. The van der Waals surface area contributed by atoms with Crippen LogP contribution in [-0.2, 0) is 14.4 Å². The van der Waals surface area contributed by atoms with E-state index in [4.69, 9.17) is 11.6 Å².